The van der Waals surface area contributed by atoms with Gasteiger partial charge in [0.05, 0.1) is 18.4 Å². The Bertz CT molecular complexity index is 1290. The first-order valence-corrected chi connectivity index (χ1v) is 11.2. The zero-order valence-corrected chi connectivity index (χ0v) is 18.8. The quantitative estimate of drug-likeness (QED) is 0.349. The van der Waals surface area contributed by atoms with Gasteiger partial charge in [0.25, 0.3) is 0 Å². The third kappa shape index (κ3) is 3.92. The lowest BCUT2D eigenvalue weighted by Crippen LogP contribution is -2.46. The number of aryl methyl sites for hydroxylation is 1. The molecule has 2 heterocycles. The Balaban J connectivity index is 1.63. The highest BCUT2D eigenvalue weighted by atomic mass is 16.6. The monoisotopic (exact) mass is 456 g/mol. The molecule has 1 aliphatic carbocycles. The molecular weight excluding hydrogens is 432 g/mol. The first kappa shape index (κ1) is 21.8. The van der Waals surface area contributed by atoms with Crippen molar-refractivity contribution in [3.8, 4) is 0 Å². The van der Waals surface area contributed by atoms with Crippen molar-refractivity contribution in [3.63, 3.8) is 0 Å². The molecule has 34 heavy (non-hydrogen) atoms. The van der Waals surface area contributed by atoms with Crippen LogP contribution in [0.5, 0.6) is 0 Å². The predicted octanol–water partition coefficient (Wildman–Crippen LogP) is 5.88. The van der Waals surface area contributed by atoms with E-state index in [0.717, 1.165) is 22.3 Å². The number of furan rings is 2. The second kappa shape index (κ2) is 9.06. The van der Waals surface area contributed by atoms with Crippen molar-refractivity contribution >= 4 is 11.9 Å². The van der Waals surface area contributed by atoms with Crippen LogP contribution in [-0.4, -0.2) is 24.1 Å². The summed E-state index contributed by atoms with van der Waals surface area (Å²) in [5.41, 5.74) is 4.12. The number of rotatable bonds is 5. The SMILES string of the molecule is Cc1ccccc1[C@H]1c2ccccc2[C@H](C)C(OC(=O)c2ccco2)C1OC(=O)c1ccco1. The summed E-state index contributed by atoms with van der Waals surface area (Å²) in [5, 5.41) is 0. The van der Waals surface area contributed by atoms with Crippen LogP contribution < -0.4 is 0 Å². The second-order valence-electron chi connectivity index (χ2n) is 8.45. The Labute approximate surface area is 197 Å². The molecule has 0 N–H and O–H groups in total. The molecule has 5 rings (SSSR count). The number of esters is 2. The molecule has 4 atom stereocenters. The lowest BCUT2D eigenvalue weighted by Gasteiger charge is -2.42. The van der Waals surface area contributed by atoms with E-state index < -0.39 is 24.1 Å². The fourth-order valence-electron chi connectivity index (χ4n) is 4.77. The van der Waals surface area contributed by atoms with E-state index in [1.807, 2.05) is 62.4 Å². The predicted molar refractivity (Wildman–Crippen MR) is 124 cm³/mol. The van der Waals surface area contributed by atoms with Crippen LogP contribution >= 0.6 is 0 Å². The Morgan fingerprint density at radius 2 is 1.21 bits per heavy atom. The third-order valence-electron chi connectivity index (χ3n) is 6.42. The number of carbonyl (C=O) groups excluding carboxylic acids is 2. The van der Waals surface area contributed by atoms with Crippen molar-refractivity contribution < 1.29 is 27.9 Å². The first-order chi connectivity index (χ1) is 16.5. The van der Waals surface area contributed by atoms with Crippen molar-refractivity contribution in [2.75, 3.05) is 0 Å². The molecule has 6 heteroatoms. The van der Waals surface area contributed by atoms with Crippen LogP contribution in [0.1, 0.15) is 62.1 Å². The van der Waals surface area contributed by atoms with Crippen LogP contribution in [0.15, 0.2) is 94.2 Å². The van der Waals surface area contributed by atoms with Crippen LogP contribution in [0, 0.1) is 6.92 Å². The highest BCUT2D eigenvalue weighted by molar-refractivity contribution is 5.87. The number of hydrogen-bond donors (Lipinski definition) is 0. The summed E-state index contributed by atoms with van der Waals surface area (Å²) in [4.78, 5) is 26.0. The van der Waals surface area contributed by atoms with Gasteiger partial charge in [-0.05, 0) is 53.4 Å². The highest BCUT2D eigenvalue weighted by Crippen LogP contribution is 2.46. The average molecular weight is 456 g/mol. The van der Waals surface area contributed by atoms with Gasteiger partial charge in [-0.2, -0.15) is 0 Å². The van der Waals surface area contributed by atoms with Crippen LogP contribution in [0.2, 0.25) is 0 Å². The Hall–Kier alpha value is -4.06. The van der Waals surface area contributed by atoms with E-state index in [1.165, 1.54) is 12.5 Å². The van der Waals surface area contributed by atoms with E-state index in [9.17, 15) is 9.59 Å². The molecule has 0 spiro atoms. The Morgan fingerprint density at radius 1 is 0.676 bits per heavy atom. The molecule has 0 fully saturated rings. The maximum atomic E-state index is 13.0. The average Bonchev–Trinajstić information content (AvgIpc) is 3.57. The summed E-state index contributed by atoms with van der Waals surface area (Å²) in [6, 6.07) is 22.3. The molecule has 0 radical (unpaired) electrons. The van der Waals surface area contributed by atoms with Gasteiger partial charge < -0.3 is 18.3 Å². The number of hydrogen-bond acceptors (Lipinski definition) is 6. The normalized spacial score (nSPS) is 21.5. The molecule has 4 aromatic rings. The molecule has 2 aromatic heterocycles. The van der Waals surface area contributed by atoms with Gasteiger partial charge in [0.2, 0.25) is 11.5 Å². The molecule has 2 aromatic carbocycles. The summed E-state index contributed by atoms with van der Waals surface area (Å²) in [6.07, 6.45) is 1.29. The molecule has 0 saturated heterocycles. The lowest BCUT2D eigenvalue weighted by atomic mass is 9.70. The highest BCUT2D eigenvalue weighted by Gasteiger charge is 2.47. The van der Waals surface area contributed by atoms with Crippen LogP contribution in [0.25, 0.3) is 0 Å². The van der Waals surface area contributed by atoms with Gasteiger partial charge in [-0.1, -0.05) is 55.5 Å². The van der Waals surface area contributed by atoms with Crippen molar-refractivity contribution in [2.24, 2.45) is 0 Å². The van der Waals surface area contributed by atoms with Gasteiger partial charge in [-0.3, -0.25) is 0 Å². The van der Waals surface area contributed by atoms with Gasteiger partial charge in [0.1, 0.15) is 6.10 Å². The van der Waals surface area contributed by atoms with E-state index in [-0.39, 0.29) is 23.4 Å². The lowest BCUT2D eigenvalue weighted by molar-refractivity contribution is -0.0557. The minimum absolute atomic E-state index is 0.0890. The van der Waals surface area contributed by atoms with Crippen LogP contribution in [0.3, 0.4) is 0 Å². The van der Waals surface area contributed by atoms with Gasteiger partial charge in [0.15, 0.2) is 6.10 Å². The van der Waals surface area contributed by atoms with E-state index >= 15 is 0 Å². The number of ether oxygens (including phenoxy) is 2. The van der Waals surface area contributed by atoms with Crippen molar-refractivity contribution in [1.82, 2.24) is 0 Å². The van der Waals surface area contributed by atoms with Gasteiger partial charge in [-0.25, -0.2) is 9.59 Å². The molecule has 1 aliphatic rings. The smallest absolute Gasteiger partial charge is 0.374 e. The topological polar surface area (TPSA) is 78.9 Å². The van der Waals surface area contributed by atoms with Crippen molar-refractivity contribution in [3.05, 3.63) is 119 Å². The minimum Gasteiger partial charge on any atom is -0.457 e. The van der Waals surface area contributed by atoms with E-state index in [1.54, 1.807) is 24.3 Å². The molecule has 2 unspecified atom stereocenters. The van der Waals surface area contributed by atoms with Crippen molar-refractivity contribution in [2.45, 2.75) is 37.9 Å². The summed E-state index contributed by atoms with van der Waals surface area (Å²) in [5.74, 6) is -1.62. The summed E-state index contributed by atoms with van der Waals surface area (Å²) >= 11 is 0. The number of fused-ring (bicyclic) bond motifs is 1. The number of benzene rings is 2. The minimum atomic E-state index is -0.789. The van der Waals surface area contributed by atoms with Crippen LogP contribution in [-0.2, 0) is 9.47 Å². The fraction of sp³-hybridized carbons (Fsp3) is 0.214. The zero-order valence-electron chi connectivity index (χ0n) is 18.8. The zero-order chi connectivity index (χ0) is 23.7. The maximum Gasteiger partial charge on any atom is 0.374 e. The van der Waals surface area contributed by atoms with E-state index in [2.05, 4.69) is 0 Å². The molecule has 0 amide bonds. The first-order valence-electron chi connectivity index (χ1n) is 11.2. The molecule has 0 saturated carbocycles. The summed E-state index contributed by atoms with van der Waals surface area (Å²) < 4.78 is 22.6. The third-order valence-corrected chi connectivity index (χ3v) is 6.42. The number of carbonyl (C=O) groups is 2. The summed E-state index contributed by atoms with van der Waals surface area (Å²) in [7, 11) is 0. The molecule has 6 nitrogen and oxygen atoms in total. The summed E-state index contributed by atoms with van der Waals surface area (Å²) in [6.45, 7) is 3.99. The van der Waals surface area contributed by atoms with Gasteiger partial charge in [0, 0.05) is 5.92 Å². The standard InChI is InChI=1S/C28H24O6/c1-17-9-3-4-10-19(17)24-21-12-6-5-11-20(21)18(2)25(33-27(29)22-13-7-15-31-22)26(24)34-28(30)23-14-8-16-32-23/h3-16,18,24-26H,1-2H3/t18-,24-,25?,26?/m0/s1. The Kier molecular flexibility index (Phi) is 5.80. The van der Waals surface area contributed by atoms with Crippen molar-refractivity contribution in [1.29, 1.82) is 0 Å². The Morgan fingerprint density at radius 3 is 1.76 bits per heavy atom. The largest absolute Gasteiger partial charge is 0.457 e. The van der Waals surface area contributed by atoms with Gasteiger partial charge >= 0.3 is 11.9 Å². The maximum absolute atomic E-state index is 13.0. The van der Waals surface area contributed by atoms with Gasteiger partial charge in [-0.15, -0.1) is 0 Å². The molecule has 0 bridgehead atoms. The second-order valence-corrected chi connectivity index (χ2v) is 8.45. The molecule has 0 aliphatic heterocycles. The van der Waals surface area contributed by atoms with Crippen LogP contribution in [0.4, 0.5) is 0 Å². The van der Waals surface area contributed by atoms with E-state index in [0.29, 0.717) is 0 Å². The molecular formula is C28H24O6. The van der Waals surface area contributed by atoms with E-state index in [4.69, 9.17) is 18.3 Å². The fourth-order valence-corrected chi connectivity index (χ4v) is 4.77. The molecule has 172 valence electrons.